The van der Waals surface area contributed by atoms with E-state index < -0.39 is 12.1 Å². The van der Waals surface area contributed by atoms with E-state index in [1.165, 1.54) is 6.07 Å². The number of nitrogen functional groups attached to an aromatic ring is 1. The number of nitrogens with zero attached hydrogens (tertiary/aromatic N) is 3. The van der Waals surface area contributed by atoms with Crippen molar-refractivity contribution in [2.24, 2.45) is 0 Å². The summed E-state index contributed by atoms with van der Waals surface area (Å²) in [5.74, 6) is -0.868. The van der Waals surface area contributed by atoms with Crippen molar-refractivity contribution in [3.8, 4) is 5.75 Å². The summed E-state index contributed by atoms with van der Waals surface area (Å²) in [6.45, 7) is 1.43. The number of H-pyrrole nitrogens is 1. The zero-order chi connectivity index (χ0) is 24.7. The Balaban J connectivity index is 1.31. The van der Waals surface area contributed by atoms with E-state index in [0.717, 1.165) is 30.5 Å². The normalized spacial score (nSPS) is 19.4. The molecule has 3 aromatic rings. The van der Waals surface area contributed by atoms with Gasteiger partial charge in [-0.3, -0.25) is 14.3 Å². The standard InChI is InChI=1S/C23H24F3N5O4/c24-23(25,26)35-15-3-4-16(17(27)11-15)21(32)30-7-5-14(6-8-30)31-18-10-13(19-2-1-9-34-19)12-28-20(18)29-22(31)33/h3-4,10-12,14,19H,1-2,5-9,27H2,(H,28,29,33). The molecule has 1 amide bonds. The summed E-state index contributed by atoms with van der Waals surface area (Å²) in [6, 6.07) is 5.08. The number of carbonyl (C=O) groups excluding carboxylic acids is 1. The van der Waals surface area contributed by atoms with Crippen LogP contribution in [0.1, 0.15) is 53.8 Å². The van der Waals surface area contributed by atoms with Crippen LogP contribution < -0.4 is 16.2 Å². The molecule has 0 radical (unpaired) electrons. The third kappa shape index (κ3) is 4.70. The Morgan fingerprint density at radius 1 is 1.20 bits per heavy atom. The fraction of sp³-hybridized carbons (Fsp3) is 0.435. The summed E-state index contributed by atoms with van der Waals surface area (Å²) in [7, 11) is 0. The topological polar surface area (TPSA) is 115 Å². The molecular formula is C23H24F3N5O4. The van der Waals surface area contributed by atoms with Gasteiger partial charge >= 0.3 is 12.1 Å². The van der Waals surface area contributed by atoms with Crippen LogP contribution in [0.3, 0.4) is 0 Å². The molecule has 0 aliphatic carbocycles. The lowest BCUT2D eigenvalue weighted by Gasteiger charge is -2.33. The number of rotatable bonds is 4. The lowest BCUT2D eigenvalue weighted by molar-refractivity contribution is -0.274. The van der Waals surface area contributed by atoms with E-state index in [2.05, 4.69) is 14.7 Å². The van der Waals surface area contributed by atoms with Gasteiger partial charge in [0, 0.05) is 49.3 Å². The van der Waals surface area contributed by atoms with Gasteiger partial charge in [-0.2, -0.15) is 0 Å². The van der Waals surface area contributed by atoms with Crippen molar-refractivity contribution >= 4 is 22.8 Å². The number of benzene rings is 1. The Bertz CT molecular complexity index is 1300. The summed E-state index contributed by atoms with van der Waals surface area (Å²) in [4.78, 5) is 34.5. The van der Waals surface area contributed by atoms with Crippen LogP contribution in [0.25, 0.3) is 11.2 Å². The molecule has 2 fully saturated rings. The fourth-order valence-corrected chi connectivity index (χ4v) is 4.83. The molecule has 12 heteroatoms. The number of nitrogens with two attached hydrogens (primary N) is 1. The maximum Gasteiger partial charge on any atom is 0.573 e. The number of halogens is 3. The minimum Gasteiger partial charge on any atom is -0.406 e. The Morgan fingerprint density at radius 2 is 1.97 bits per heavy atom. The minimum absolute atomic E-state index is 0.0248. The van der Waals surface area contributed by atoms with Gasteiger partial charge in [0.1, 0.15) is 5.75 Å². The zero-order valence-corrected chi connectivity index (χ0v) is 18.7. The number of imidazole rings is 1. The third-order valence-corrected chi connectivity index (χ3v) is 6.50. The van der Waals surface area contributed by atoms with Crippen molar-refractivity contribution in [3.05, 3.63) is 52.1 Å². The molecule has 2 aliphatic heterocycles. The second-order valence-corrected chi connectivity index (χ2v) is 8.76. The molecule has 2 saturated heterocycles. The number of fused-ring (bicyclic) bond motifs is 1. The van der Waals surface area contributed by atoms with Crippen LogP contribution in [0.5, 0.6) is 5.75 Å². The summed E-state index contributed by atoms with van der Waals surface area (Å²) in [5, 5.41) is 0. The Kier molecular flexibility index (Phi) is 5.91. The van der Waals surface area contributed by atoms with Crippen molar-refractivity contribution in [2.75, 3.05) is 25.4 Å². The number of ether oxygens (including phenoxy) is 2. The molecule has 186 valence electrons. The predicted octanol–water partition coefficient (Wildman–Crippen LogP) is 3.53. The van der Waals surface area contributed by atoms with E-state index in [1.54, 1.807) is 15.7 Å². The van der Waals surface area contributed by atoms with Crippen LogP contribution in [0.15, 0.2) is 35.3 Å². The molecule has 2 aliphatic rings. The quantitative estimate of drug-likeness (QED) is 0.540. The summed E-state index contributed by atoms with van der Waals surface area (Å²) < 4.78 is 48.6. The first-order valence-electron chi connectivity index (χ1n) is 11.4. The maximum atomic E-state index is 13.0. The van der Waals surface area contributed by atoms with Gasteiger partial charge in [-0.1, -0.05) is 0 Å². The zero-order valence-electron chi connectivity index (χ0n) is 18.7. The molecular weight excluding hydrogens is 467 g/mol. The predicted molar refractivity (Wildman–Crippen MR) is 120 cm³/mol. The van der Waals surface area contributed by atoms with Gasteiger partial charge in [0.05, 0.1) is 17.2 Å². The summed E-state index contributed by atoms with van der Waals surface area (Å²) >= 11 is 0. The highest BCUT2D eigenvalue weighted by Gasteiger charge is 2.32. The average molecular weight is 491 g/mol. The number of hydrogen-bond acceptors (Lipinski definition) is 6. The Labute approximate surface area is 197 Å². The van der Waals surface area contributed by atoms with E-state index in [-0.39, 0.29) is 35.0 Å². The summed E-state index contributed by atoms with van der Waals surface area (Å²) in [5.41, 5.74) is 7.73. The molecule has 1 unspecified atom stereocenters. The number of pyridine rings is 1. The monoisotopic (exact) mass is 491 g/mol. The van der Waals surface area contributed by atoms with Gasteiger partial charge in [-0.15, -0.1) is 13.2 Å². The van der Waals surface area contributed by atoms with Crippen LogP contribution in [-0.2, 0) is 4.74 Å². The van der Waals surface area contributed by atoms with Crippen molar-refractivity contribution in [3.63, 3.8) is 0 Å². The molecule has 3 N–H and O–H groups in total. The first-order chi connectivity index (χ1) is 16.7. The van der Waals surface area contributed by atoms with Crippen LogP contribution in [0, 0.1) is 0 Å². The SMILES string of the molecule is Nc1cc(OC(F)(F)F)ccc1C(=O)N1CCC(n2c(=O)[nH]c3ncc(C4CCCO4)cc32)CC1. The van der Waals surface area contributed by atoms with Crippen molar-refractivity contribution < 1.29 is 27.4 Å². The Hall–Kier alpha value is -3.54. The first kappa shape index (κ1) is 23.2. The number of carbonyl (C=O) groups is 1. The molecule has 1 atom stereocenters. The van der Waals surface area contributed by atoms with Crippen LogP contribution in [-0.4, -0.2) is 51.4 Å². The number of aromatic amines is 1. The molecule has 4 heterocycles. The van der Waals surface area contributed by atoms with Crippen molar-refractivity contribution in [1.82, 2.24) is 19.4 Å². The van der Waals surface area contributed by atoms with E-state index in [4.69, 9.17) is 10.5 Å². The number of hydrogen-bond donors (Lipinski definition) is 2. The molecule has 0 spiro atoms. The number of nitrogens with one attached hydrogen (secondary N) is 1. The maximum absolute atomic E-state index is 13.0. The number of anilines is 1. The summed E-state index contributed by atoms with van der Waals surface area (Å²) in [6.07, 6.45) is -0.193. The second-order valence-electron chi connectivity index (χ2n) is 8.76. The van der Waals surface area contributed by atoms with Gasteiger partial charge in [0.15, 0.2) is 5.65 Å². The lowest BCUT2D eigenvalue weighted by atomic mass is 10.0. The van der Waals surface area contributed by atoms with Gasteiger partial charge in [-0.05, 0) is 43.9 Å². The molecule has 1 aromatic carbocycles. The second kappa shape index (κ2) is 8.91. The molecule has 0 bridgehead atoms. The Morgan fingerprint density at radius 3 is 2.63 bits per heavy atom. The minimum atomic E-state index is -4.85. The molecule has 35 heavy (non-hydrogen) atoms. The number of amides is 1. The molecule has 5 rings (SSSR count). The van der Waals surface area contributed by atoms with Gasteiger partial charge < -0.3 is 20.1 Å². The number of alkyl halides is 3. The highest BCUT2D eigenvalue weighted by molar-refractivity contribution is 5.99. The van der Waals surface area contributed by atoms with Gasteiger partial charge in [0.25, 0.3) is 5.91 Å². The lowest BCUT2D eigenvalue weighted by Crippen LogP contribution is -2.40. The van der Waals surface area contributed by atoms with E-state index in [0.29, 0.717) is 43.7 Å². The first-order valence-corrected chi connectivity index (χ1v) is 11.4. The smallest absolute Gasteiger partial charge is 0.406 e. The number of likely N-dealkylation sites (tertiary alicyclic amines) is 1. The highest BCUT2D eigenvalue weighted by atomic mass is 19.4. The van der Waals surface area contributed by atoms with Crippen LogP contribution >= 0.6 is 0 Å². The average Bonchev–Trinajstić information content (AvgIpc) is 3.45. The third-order valence-electron chi connectivity index (χ3n) is 6.50. The van der Waals surface area contributed by atoms with E-state index in [1.807, 2.05) is 6.07 Å². The molecule has 2 aromatic heterocycles. The van der Waals surface area contributed by atoms with Gasteiger partial charge in [-0.25, -0.2) is 9.78 Å². The van der Waals surface area contributed by atoms with Crippen molar-refractivity contribution in [2.45, 2.75) is 44.2 Å². The van der Waals surface area contributed by atoms with Crippen LogP contribution in [0.4, 0.5) is 18.9 Å². The molecule has 9 nitrogen and oxygen atoms in total. The number of aromatic nitrogens is 3. The van der Waals surface area contributed by atoms with E-state index in [9.17, 15) is 22.8 Å². The van der Waals surface area contributed by atoms with E-state index >= 15 is 0 Å². The molecule has 0 saturated carbocycles. The van der Waals surface area contributed by atoms with Crippen molar-refractivity contribution in [1.29, 1.82) is 0 Å². The largest absolute Gasteiger partial charge is 0.573 e. The van der Waals surface area contributed by atoms with Gasteiger partial charge in [0.2, 0.25) is 0 Å². The fourth-order valence-electron chi connectivity index (χ4n) is 4.83. The number of piperidine rings is 1. The van der Waals surface area contributed by atoms with Crippen LogP contribution in [0.2, 0.25) is 0 Å². The highest BCUT2D eigenvalue weighted by Crippen LogP contribution is 2.32.